The average Bonchev–Trinajstić information content (AvgIpc) is 3.07. The predicted octanol–water partition coefficient (Wildman–Crippen LogP) is 6.72. The number of nitriles is 1. The van der Waals surface area contributed by atoms with Crippen LogP contribution in [-0.4, -0.2) is 16.0 Å². The van der Waals surface area contributed by atoms with Gasteiger partial charge in [-0.05, 0) is 98.4 Å². The summed E-state index contributed by atoms with van der Waals surface area (Å²) in [5.41, 5.74) is 2.26. The highest BCUT2D eigenvalue weighted by molar-refractivity contribution is 14.1. The van der Waals surface area contributed by atoms with Gasteiger partial charge in [0.15, 0.2) is 0 Å². The minimum atomic E-state index is -0.396. The van der Waals surface area contributed by atoms with Crippen LogP contribution in [0.4, 0.5) is 9.18 Å². The van der Waals surface area contributed by atoms with Crippen molar-refractivity contribution in [2.45, 2.75) is 13.2 Å². The number of halogens is 3. The SMILES string of the molecule is N#Cc1ccccc1CN1C(=O)S/C(=C/c2cc(I)c(OCc3ccccc3F)c(I)c2)C1=O. The van der Waals surface area contributed by atoms with Gasteiger partial charge < -0.3 is 4.74 Å². The molecule has 0 atom stereocenters. The molecule has 1 aliphatic rings. The smallest absolute Gasteiger partial charge is 0.293 e. The van der Waals surface area contributed by atoms with Crippen molar-refractivity contribution in [3.63, 3.8) is 0 Å². The molecule has 0 bridgehead atoms. The molecule has 0 unspecified atom stereocenters. The Bertz CT molecular complexity index is 1350. The maximum Gasteiger partial charge on any atom is 0.293 e. The van der Waals surface area contributed by atoms with Crippen molar-refractivity contribution in [3.8, 4) is 11.8 Å². The first kappa shape index (κ1) is 24.7. The number of nitrogens with zero attached hydrogens (tertiary/aromatic N) is 2. The zero-order valence-corrected chi connectivity index (χ0v) is 22.6. The molecule has 4 rings (SSSR count). The molecule has 0 saturated carbocycles. The third-order valence-electron chi connectivity index (χ3n) is 4.99. The maximum absolute atomic E-state index is 13.9. The Morgan fingerprint density at radius 2 is 1.68 bits per heavy atom. The molecule has 0 N–H and O–H groups in total. The highest BCUT2D eigenvalue weighted by Crippen LogP contribution is 2.36. The molecule has 0 aromatic heterocycles. The number of carbonyl (C=O) groups is 2. The first-order valence-corrected chi connectivity index (χ1v) is 12.9. The van der Waals surface area contributed by atoms with Gasteiger partial charge in [-0.15, -0.1) is 0 Å². The van der Waals surface area contributed by atoms with Crippen molar-refractivity contribution in [2.75, 3.05) is 0 Å². The van der Waals surface area contributed by atoms with Gasteiger partial charge in [0.25, 0.3) is 11.1 Å². The van der Waals surface area contributed by atoms with E-state index < -0.39 is 5.91 Å². The van der Waals surface area contributed by atoms with E-state index >= 15 is 0 Å². The molecule has 3 aromatic carbocycles. The lowest BCUT2D eigenvalue weighted by atomic mass is 10.1. The summed E-state index contributed by atoms with van der Waals surface area (Å²) in [7, 11) is 0. The van der Waals surface area contributed by atoms with Crippen LogP contribution in [0.2, 0.25) is 0 Å². The Morgan fingerprint density at radius 1 is 1.03 bits per heavy atom. The Hall–Kier alpha value is -2.43. The molecule has 5 nitrogen and oxygen atoms in total. The summed E-state index contributed by atoms with van der Waals surface area (Å²) in [6.07, 6.45) is 1.67. The van der Waals surface area contributed by atoms with E-state index in [1.54, 1.807) is 48.5 Å². The van der Waals surface area contributed by atoms with Crippen molar-refractivity contribution in [3.05, 3.63) is 101 Å². The second-order valence-corrected chi connectivity index (χ2v) is 10.5. The first-order valence-electron chi connectivity index (χ1n) is 9.96. The Morgan fingerprint density at radius 3 is 2.35 bits per heavy atom. The Balaban J connectivity index is 1.52. The molecule has 170 valence electrons. The Labute approximate surface area is 227 Å². The van der Waals surface area contributed by atoms with Crippen LogP contribution in [0.3, 0.4) is 0 Å². The van der Waals surface area contributed by atoms with Crippen LogP contribution < -0.4 is 4.74 Å². The van der Waals surface area contributed by atoms with Crippen LogP contribution in [-0.2, 0) is 17.9 Å². The summed E-state index contributed by atoms with van der Waals surface area (Å²) in [6, 6.07) is 19.1. The monoisotopic (exact) mass is 696 g/mol. The van der Waals surface area contributed by atoms with Crippen molar-refractivity contribution >= 4 is 74.2 Å². The van der Waals surface area contributed by atoms with Gasteiger partial charge in [0.05, 0.1) is 30.2 Å². The van der Waals surface area contributed by atoms with Gasteiger partial charge in [-0.1, -0.05) is 36.4 Å². The largest absolute Gasteiger partial charge is 0.487 e. The van der Waals surface area contributed by atoms with E-state index in [0.717, 1.165) is 29.4 Å². The van der Waals surface area contributed by atoms with Gasteiger partial charge in [0.2, 0.25) is 0 Å². The van der Waals surface area contributed by atoms with Crippen LogP contribution in [0.5, 0.6) is 5.75 Å². The highest BCUT2D eigenvalue weighted by Gasteiger charge is 2.35. The minimum Gasteiger partial charge on any atom is -0.487 e. The number of ether oxygens (including phenoxy) is 1. The van der Waals surface area contributed by atoms with Gasteiger partial charge >= 0.3 is 0 Å². The highest BCUT2D eigenvalue weighted by atomic mass is 127. The molecule has 2 amide bonds. The molecule has 1 heterocycles. The third kappa shape index (κ3) is 5.45. The van der Waals surface area contributed by atoms with Crippen molar-refractivity contribution in [1.82, 2.24) is 4.90 Å². The number of amides is 2. The van der Waals surface area contributed by atoms with Gasteiger partial charge in [0.1, 0.15) is 18.2 Å². The zero-order valence-electron chi connectivity index (χ0n) is 17.4. The number of rotatable bonds is 6. The second kappa shape index (κ2) is 10.9. The fourth-order valence-electron chi connectivity index (χ4n) is 3.29. The van der Waals surface area contributed by atoms with Gasteiger partial charge in [0, 0.05) is 5.56 Å². The summed E-state index contributed by atoms with van der Waals surface area (Å²) in [4.78, 5) is 26.9. The normalized spacial score (nSPS) is 14.5. The lowest BCUT2D eigenvalue weighted by Gasteiger charge is -2.13. The molecule has 0 radical (unpaired) electrons. The predicted molar refractivity (Wildman–Crippen MR) is 145 cm³/mol. The fourth-order valence-corrected chi connectivity index (χ4v) is 6.26. The molecule has 1 fully saturated rings. The minimum absolute atomic E-state index is 0.0453. The molecular weight excluding hydrogens is 681 g/mol. The fraction of sp³-hybridized carbons (Fsp3) is 0.0800. The van der Waals surface area contributed by atoms with E-state index in [-0.39, 0.29) is 24.2 Å². The number of hydrogen-bond acceptors (Lipinski definition) is 5. The average molecular weight is 696 g/mol. The van der Waals surface area contributed by atoms with E-state index in [1.807, 2.05) is 12.1 Å². The maximum atomic E-state index is 13.9. The van der Waals surface area contributed by atoms with E-state index in [0.29, 0.717) is 27.3 Å². The summed E-state index contributed by atoms with van der Waals surface area (Å²) < 4.78 is 21.4. The summed E-state index contributed by atoms with van der Waals surface area (Å²) >= 11 is 5.14. The molecular formula is C25H15FI2N2O3S. The molecule has 9 heteroatoms. The standard InChI is InChI=1S/C25H15FI2N2O3S/c26-19-8-4-3-7-18(19)14-33-23-20(27)9-15(10-21(23)28)11-22-24(31)30(25(32)34-22)13-17-6-2-1-5-16(17)12-29/h1-11H,13-14H2/b22-11+. The third-order valence-corrected chi connectivity index (χ3v) is 7.50. The van der Waals surface area contributed by atoms with Crippen molar-refractivity contribution in [2.24, 2.45) is 0 Å². The molecule has 0 aliphatic carbocycles. The van der Waals surface area contributed by atoms with Gasteiger partial charge in [-0.3, -0.25) is 14.5 Å². The van der Waals surface area contributed by atoms with Crippen molar-refractivity contribution in [1.29, 1.82) is 5.26 Å². The lowest BCUT2D eigenvalue weighted by molar-refractivity contribution is -0.123. The van der Waals surface area contributed by atoms with Crippen LogP contribution in [0, 0.1) is 24.3 Å². The van der Waals surface area contributed by atoms with E-state index in [1.165, 1.54) is 6.07 Å². The number of carbonyl (C=O) groups excluding carboxylic acids is 2. The van der Waals surface area contributed by atoms with E-state index in [2.05, 4.69) is 51.3 Å². The second-order valence-electron chi connectivity index (χ2n) is 7.23. The quantitative estimate of drug-likeness (QED) is 0.212. The summed E-state index contributed by atoms with van der Waals surface area (Å²) in [5.74, 6) is -0.0901. The van der Waals surface area contributed by atoms with Gasteiger partial charge in [-0.2, -0.15) is 5.26 Å². The number of thioether (sulfide) groups is 1. The van der Waals surface area contributed by atoms with E-state index in [4.69, 9.17) is 4.74 Å². The molecule has 1 saturated heterocycles. The van der Waals surface area contributed by atoms with Crippen LogP contribution >= 0.6 is 56.9 Å². The number of imide groups is 1. The number of benzene rings is 3. The molecule has 34 heavy (non-hydrogen) atoms. The molecule has 1 aliphatic heterocycles. The van der Waals surface area contributed by atoms with Crippen LogP contribution in [0.15, 0.2) is 65.6 Å². The van der Waals surface area contributed by atoms with Crippen LogP contribution in [0.25, 0.3) is 6.08 Å². The topological polar surface area (TPSA) is 70.4 Å². The summed E-state index contributed by atoms with van der Waals surface area (Å²) in [5, 5.41) is 8.90. The Kier molecular flexibility index (Phi) is 7.90. The lowest BCUT2D eigenvalue weighted by Crippen LogP contribution is -2.27. The van der Waals surface area contributed by atoms with Crippen LogP contribution in [0.1, 0.15) is 22.3 Å². The summed E-state index contributed by atoms with van der Waals surface area (Å²) in [6.45, 7) is 0.144. The zero-order chi connectivity index (χ0) is 24.2. The molecule has 0 spiro atoms. The van der Waals surface area contributed by atoms with E-state index in [9.17, 15) is 19.2 Å². The van der Waals surface area contributed by atoms with Crippen molar-refractivity contribution < 1.29 is 18.7 Å². The first-order chi connectivity index (χ1) is 16.4. The number of hydrogen-bond donors (Lipinski definition) is 0. The van der Waals surface area contributed by atoms with Gasteiger partial charge in [-0.25, -0.2) is 4.39 Å². The molecule has 3 aromatic rings.